The van der Waals surface area contributed by atoms with Crippen LogP contribution in [-0.4, -0.2) is 25.5 Å². The lowest BCUT2D eigenvalue weighted by molar-refractivity contribution is -0.121. The molecule has 1 unspecified atom stereocenters. The van der Waals surface area contributed by atoms with Crippen molar-refractivity contribution in [2.45, 2.75) is 45.4 Å². The SMILES string of the molecule is CCCCCC(=O)NCCC1CCNC1. The van der Waals surface area contributed by atoms with Crippen LogP contribution in [0.4, 0.5) is 0 Å². The first-order valence-corrected chi connectivity index (χ1v) is 6.30. The standard InChI is InChI=1S/C12H24N2O/c1-2-3-4-5-12(15)14-9-7-11-6-8-13-10-11/h11,13H,2-10H2,1H3,(H,14,15). The highest BCUT2D eigenvalue weighted by Crippen LogP contribution is 2.10. The fraction of sp³-hybridized carbons (Fsp3) is 0.917. The number of hydrogen-bond donors (Lipinski definition) is 2. The molecular formula is C12H24N2O. The van der Waals surface area contributed by atoms with Crippen molar-refractivity contribution in [1.82, 2.24) is 10.6 Å². The quantitative estimate of drug-likeness (QED) is 0.630. The Morgan fingerprint density at radius 1 is 1.47 bits per heavy atom. The average molecular weight is 212 g/mol. The first-order valence-electron chi connectivity index (χ1n) is 6.30. The smallest absolute Gasteiger partial charge is 0.219 e. The van der Waals surface area contributed by atoms with E-state index >= 15 is 0 Å². The Kier molecular flexibility index (Phi) is 6.41. The molecule has 1 atom stereocenters. The normalized spacial score (nSPS) is 20.5. The minimum Gasteiger partial charge on any atom is -0.356 e. The summed E-state index contributed by atoms with van der Waals surface area (Å²) in [4.78, 5) is 11.4. The second kappa shape index (κ2) is 7.69. The number of hydrogen-bond acceptors (Lipinski definition) is 2. The predicted octanol–water partition coefficient (Wildman–Crippen LogP) is 1.68. The Bertz CT molecular complexity index is 176. The number of rotatable bonds is 7. The second-order valence-corrected chi connectivity index (χ2v) is 4.45. The molecule has 0 bridgehead atoms. The number of nitrogens with one attached hydrogen (secondary N) is 2. The summed E-state index contributed by atoms with van der Waals surface area (Å²) in [5.41, 5.74) is 0. The van der Waals surface area contributed by atoms with Gasteiger partial charge in [0.15, 0.2) is 0 Å². The molecule has 1 aliphatic rings. The van der Waals surface area contributed by atoms with Crippen molar-refractivity contribution in [2.24, 2.45) is 5.92 Å². The zero-order valence-corrected chi connectivity index (χ0v) is 9.85. The molecule has 0 aromatic heterocycles. The van der Waals surface area contributed by atoms with Crippen LogP contribution in [0, 0.1) is 5.92 Å². The van der Waals surface area contributed by atoms with E-state index in [0.29, 0.717) is 6.42 Å². The highest BCUT2D eigenvalue weighted by molar-refractivity contribution is 5.75. The summed E-state index contributed by atoms with van der Waals surface area (Å²) in [5.74, 6) is 1.01. The molecule has 1 amide bonds. The second-order valence-electron chi connectivity index (χ2n) is 4.45. The van der Waals surface area contributed by atoms with Crippen molar-refractivity contribution in [3.05, 3.63) is 0 Å². The largest absolute Gasteiger partial charge is 0.356 e. The summed E-state index contributed by atoms with van der Waals surface area (Å²) in [7, 11) is 0. The number of carbonyl (C=O) groups excluding carboxylic acids is 1. The van der Waals surface area contributed by atoms with Gasteiger partial charge in [0.1, 0.15) is 0 Å². The van der Waals surface area contributed by atoms with Gasteiger partial charge in [0.2, 0.25) is 5.91 Å². The average Bonchev–Trinajstić information content (AvgIpc) is 2.71. The molecule has 3 heteroatoms. The van der Waals surface area contributed by atoms with Gasteiger partial charge in [-0.05, 0) is 38.3 Å². The van der Waals surface area contributed by atoms with Crippen molar-refractivity contribution in [2.75, 3.05) is 19.6 Å². The summed E-state index contributed by atoms with van der Waals surface area (Å²) in [6.07, 6.45) is 6.49. The summed E-state index contributed by atoms with van der Waals surface area (Å²) in [6.45, 7) is 5.29. The van der Waals surface area contributed by atoms with E-state index in [4.69, 9.17) is 0 Å². The van der Waals surface area contributed by atoms with E-state index in [1.165, 1.54) is 19.3 Å². The summed E-state index contributed by atoms with van der Waals surface area (Å²) in [5, 5.41) is 6.34. The van der Waals surface area contributed by atoms with Crippen molar-refractivity contribution in [1.29, 1.82) is 0 Å². The van der Waals surface area contributed by atoms with Crippen LogP contribution < -0.4 is 10.6 Å². The van der Waals surface area contributed by atoms with Crippen LogP contribution in [0.5, 0.6) is 0 Å². The molecule has 0 radical (unpaired) electrons. The molecule has 2 N–H and O–H groups in total. The molecule has 1 saturated heterocycles. The fourth-order valence-corrected chi connectivity index (χ4v) is 2.00. The molecule has 3 nitrogen and oxygen atoms in total. The number of carbonyl (C=O) groups is 1. The zero-order valence-electron chi connectivity index (χ0n) is 9.85. The Balaban J connectivity index is 1.91. The highest BCUT2D eigenvalue weighted by atomic mass is 16.1. The van der Waals surface area contributed by atoms with Crippen molar-refractivity contribution in [3.63, 3.8) is 0 Å². The van der Waals surface area contributed by atoms with Crippen LogP contribution in [-0.2, 0) is 4.79 Å². The maximum absolute atomic E-state index is 11.4. The third-order valence-corrected chi connectivity index (χ3v) is 3.04. The number of amides is 1. The molecule has 15 heavy (non-hydrogen) atoms. The summed E-state index contributed by atoms with van der Waals surface area (Å²) in [6, 6.07) is 0. The molecule has 0 spiro atoms. The molecule has 1 aliphatic heterocycles. The van der Waals surface area contributed by atoms with Gasteiger partial charge >= 0.3 is 0 Å². The minimum absolute atomic E-state index is 0.231. The first-order chi connectivity index (χ1) is 7.33. The van der Waals surface area contributed by atoms with Crippen molar-refractivity contribution in [3.8, 4) is 0 Å². The van der Waals surface area contributed by atoms with E-state index in [-0.39, 0.29) is 5.91 Å². The van der Waals surface area contributed by atoms with E-state index in [2.05, 4.69) is 17.6 Å². The minimum atomic E-state index is 0.231. The lowest BCUT2D eigenvalue weighted by Crippen LogP contribution is -2.26. The van der Waals surface area contributed by atoms with Gasteiger partial charge in [-0.3, -0.25) is 4.79 Å². The molecule has 0 aromatic rings. The molecule has 0 aromatic carbocycles. The monoisotopic (exact) mass is 212 g/mol. The number of unbranched alkanes of at least 4 members (excludes halogenated alkanes) is 2. The van der Waals surface area contributed by atoms with E-state index < -0.39 is 0 Å². The van der Waals surface area contributed by atoms with Gasteiger partial charge in [0, 0.05) is 13.0 Å². The van der Waals surface area contributed by atoms with Gasteiger partial charge < -0.3 is 10.6 Å². The van der Waals surface area contributed by atoms with Crippen LogP contribution in [0.1, 0.15) is 45.4 Å². The molecule has 88 valence electrons. The fourth-order valence-electron chi connectivity index (χ4n) is 2.00. The van der Waals surface area contributed by atoms with Crippen LogP contribution in [0.2, 0.25) is 0 Å². The third kappa shape index (κ3) is 5.78. The zero-order chi connectivity index (χ0) is 10.9. The van der Waals surface area contributed by atoms with Gasteiger partial charge in [0.05, 0.1) is 0 Å². The highest BCUT2D eigenvalue weighted by Gasteiger charge is 2.13. The van der Waals surface area contributed by atoms with E-state index in [9.17, 15) is 4.79 Å². The van der Waals surface area contributed by atoms with Crippen LogP contribution in [0.25, 0.3) is 0 Å². The maximum Gasteiger partial charge on any atom is 0.219 e. The molecule has 1 heterocycles. The van der Waals surface area contributed by atoms with Gasteiger partial charge in [-0.15, -0.1) is 0 Å². The first kappa shape index (κ1) is 12.5. The van der Waals surface area contributed by atoms with E-state index in [1.54, 1.807) is 0 Å². The van der Waals surface area contributed by atoms with Crippen LogP contribution in [0.3, 0.4) is 0 Å². The molecular weight excluding hydrogens is 188 g/mol. The van der Waals surface area contributed by atoms with Gasteiger partial charge in [-0.25, -0.2) is 0 Å². The Morgan fingerprint density at radius 3 is 3.00 bits per heavy atom. The Labute approximate surface area is 93.0 Å². The Hall–Kier alpha value is -0.570. The van der Waals surface area contributed by atoms with Gasteiger partial charge in [0.25, 0.3) is 0 Å². The lowest BCUT2D eigenvalue weighted by atomic mass is 10.1. The molecule has 1 rings (SSSR count). The van der Waals surface area contributed by atoms with Crippen LogP contribution in [0.15, 0.2) is 0 Å². The summed E-state index contributed by atoms with van der Waals surface area (Å²) >= 11 is 0. The third-order valence-electron chi connectivity index (χ3n) is 3.04. The lowest BCUT2D eigenvalue weighted by Gasteiger charge is -2.09. The van der Waals surface area contributed by atoms with Crippen LogP contribution >= 0.6 is 0 Å². The van der Waals surface area contributed by atoms with Crippen molar-refractivity contribution >= 4 is 5.91 Å². The van der Waals surface area contributed by atoms with Gasteiger partial charge in [-0.1, -0.05) is 19.8 Å². The molecule has 0 aliphatic carbocycles. The van der Waals surface area contributed by atoms with E-state index in [1.807, 2.05) is 0 Å². The molecule has 1 fully saturated rings. The predicted molar refractivity (Wildman–Crippen MR) is 62.7 cm³/mol. The summed E-state index contributed by atoms with van der Waals surface area (Å²) < 4.78 is 0. The molecule has 0 saturated carbocycles. The topological polar surface area (TPSA) is 41.1 Å². The Morgan fingerprint density at radius 2 is 2.33 bits per heavy atom. The van der Waals surface area contributed by atoms with E-state index in [0.717, 1.165) is 38.4 Å². The van der Waals surface area contributed by atoms with Gasteiger partial charge in [-0.2, -0.15) is 0 Å². The van der Waals surface area contributed by atoms with Crippen molar-refractivity contribution < 1.29 is 4.79 Å². The maximum atomic E-state index is 11.4.